The molecule has 0 aliphatic rings. The second kappa shape index (κ2) is 7.33. The van der Waals surface area contributed by atoms with Gasteiger partial charge in [0.2, 0.25) is 5.91 Å². The van der Waals surface area contributed by atoms with Gasteiger partial charge in [-0.15, -0.1) is 0 Å². The van der Waals surface area contributed by atoms with Crippen LogP contribution in [0, 0.1) is 6.92 Å². The van der Waals surface area contributed by atoms with Gasteiger partial charge >= 0.3 is 0 Å². The summed E-state index contributed by atoms with van der Waals surface area (Å²) in [6, 6.07) is 12.7. The van der Waals surface area contributed by atoms with Crippen LogP contribution in [0.4, 0.5) is 5.69 Å². The Hall–Kier alpha value is -1.98. The molecule has 116 valence electrons. The molecule has 0 aliphatic carbocycles. The molecule has 5 heteroatoms. The number of carbonyl (C=O) groups is 1. The van der Waals surface area contributed by atoms with Gasteiger partial charge in [0.15, 0.2) is 0 Å². The van der Waals surface area contributed by atoms with Gasteiger partial charge in [0.05, 0.1) is 6.42 Å². The smallest absolute Gasteiger partial charge is 0.228 e. The molecule has 0 unspecified atom stereocenters. The highest BCUT2D eigenvalue weighted by Crippen LogP contribution is 2.25. The van der Waals surface area contributed by atoms with Crippen molar-refractivity contribution in [3.63, 3.8) is 0 Å². The van der Waals surface area contributed by atoms with E-state index in [1.54, 1.807) is 36.2 Å². The Labute approximate surface area is 135 Å². The first kappa shape index (κ1) is 16.4. The Kier molecular flexibility index (Phi) is 5.46. The average Bonchev–Trinajstić information content (AvgIpc) is 2.44. The van der Waals surface area contributed by atoms with E-state index in [0.717, 1.165) is 21.7 Å². The Bertz CT molecular complexity index is 654. The molecule has 0 fully saturated rings. The van der Waals surface area contributed by atoms with Gasteiger partial charge in [-0.1, -0.05) is 18.2 Å². The number of amides is 1. The molecular weight excluding hydrogens is 296 g/mol. The highest BCUT2D eigenvalue weighted by atomic mass is 32.2. The number of hydrogen-bond acceptors (Lipinski definition) is 4. The molecule has 0 spiro atoms. The van der Waals surface area contributed by atoms with E-state index >= 15 is 0 Å². The lowest BCUT2D eigenvalue weighted by atomic mass is 10.1. The highest BCUT2D eigenvalue weighted by Gasteiger charge is 2.08. The molecule has 0 aliphatic heterocycles. The summed E-state index contributed by atoms with van der Waals surface area (Å²) in [7, 11) is 3.96. The lowest BCUT2D eigenvalue weighted by Gasteiger charge is -2.13. The number of phenols is 1. The summed E-state index contributed by atoms with van der Waals surface area (Å²) in [6.07, 6.45) is 0.283. The van der Waals surface area contributed by atoms with Crippen LogP contribution in [0.5, 0.6) is 5.75 Å². The Balaban J connectivity index is 2.05. The fraction of sp³-hybridized carbons (Fsp3) is 0.235. The van der Waals surface area contributed by atoms with Crippen molar-refractivity contribution in [1.29, 1.82) is 0 Å². The lowest BCUT2D eigenvalue weighted by Crippen LogP contribution is -2.15. The van der Waals surface area contributed by atoms with E-state index in [2.05, 4.69) is 5.32 Å². The van der Waals surface area contributed by atoms with Gasteiger partial charge in [-0.25, -0.2) is 0 Å². The number of benzene rings is 2. The largest absolute Gasteiger partial charge is 0.508 e. The maximum absolute atomic E-state index is 12.2. The first-order valence-electron chi connectivity index (χ1n) is 6.98. The van der Waals surface area contributed by atoms with E-state index in [1.165, 1.54) is 0 Å². The summed E-state index contributed by atoms with van der Waals surface area (Å²) < 4.78 is 2.01. The van der Waals surface area contributed by atoms with Crippen molar-refractivity contribution >= 4 is 23.5 Å². The van der Waals surface area contributed by atoms with E-state index < -0.39 is 0 Å². The molecule has 0 saturated heterocycles. The molecule has 0 bridgehead atoms. The van der Waals surface area contributed by atoms with Gasteiger partial charge in [-0.05, 0) is 68.4 Å². The molecule has 0 heterocycles. The first-order valence-corrected chi connectivity index (χ1v) is 7.75. The van der Waals surface area contributed by atoms with Crippen LogP contribution in [0.25, 0.3) is 0 Å². The van der Waals surface area contributed by atoms with Crippen LogP contribution in [0.15, 0.2) is 47.4 Å². The average molecular weight is 316 g/mol. The van der Waals surface area contributed by atoms with Crippen molar-refractivity contribution in [3.05, 3.63) is 53.6 Å². The quantitative estimate of drug-likeness (QED) is 0.830. The van der Waals surface area contributed by atoms with Crippen molar-refractivity contribution in [1.82, 2.24) is 4.31 Å². The Morgan fingerprint density at radius 1 is 1.18 bits per heavy atom. The molecule has 0 saturated carbocycles. The Morgan fingerprint density at radius 2 is 1.86 bits per heavy atom. The van der Waals surface area contributed by atoms with Crippen molar-refractivity contribution in [2.45, 2.75) is 18.2 Å². The molecule has 1 amide bonds. The molecule has 0 radical (unpaired) electrons. The molecule has 0 atom stereocenters. The molecule has 2 aromatic carbocycles. The van der Waals surface area contributed by atoms with E-state index in [4.69, 9.17) is 0 Å². The van der Waals surface area contributed by atoms with E-state index in [-0.39, 0.29) is 18.1 Å². The number of phenolic OH excluding ortho intramolecular Hbond substituents is 1. The molecule has 22 heavy (non-hydrogen) atoms. The Morgan fingerprint density at radius 3 is 2.50 bits per heavy atom. The third kappa shape index (κ3) is 4.79. The minimum Gasteiger partial charge on any atom is -0.508 e. The number of nitrogens with zero attached hydrogens (tertiary/aromatic N) is 1. The van der Waals surface area contributed by atoms with Gasteiger partial charge < -0.3 is 10.4 Å². The van der Waals surface area contributed by atoms with Crippen LogP contribution in [-0.4, -0.2) is 29.4 Å². The summed E-state index contributed by atoms with van der Waals surface area (Å²) in [4.78, 5) is 13.2. The van der Waals surface area contributed by atoms with Crippen LogP contribution < -0.4 is 5.32 Å². The normalized spacial score (nSPS) is 10.7. The molecular formula is C17H20N2O2S. The molecule has 2 N–H and O–H groups in total. The lowest BCUT2D eigenvalue weighted by molar-refractivity contribution is -0.115. The minimum absolute atomic E-state index is 0.0687. The number of aromatic hydroxyl groups is 1. The zero-order valence-electron chi connectivity index (χ0n) is 13.0. The molecule has 4 nitrogen and oxygen atoms in total. The predicted molar refractivity (Wildman–Crippen MR) is 91.2 cm³/mol. The fourth-order valence-electron chi connectivity index (χ4n) is 2.00. The third-order valence-electron chi connectivity index (χ3n) is 3.07. The van der Waals surface area contributed by atoms with E-state index in [0.29, 0.717) is 0 Å². The van der Waals surface area contributed by atoms with Gasteiger partial charge in [-0.3, -0.25) is 9.10 Å². The van der Waals surface area contributed by atoms with Crippen molar-refractivity contribution < 1.29 is 9.90 Å². The number of nitrogens with one attached hydrogen (secondary N) is 1. The minimum atomic E-state index is -0.0687. The number of carbonyl (C=O) groups excluding carboxylic acids is 1. The van der Waals surface area contributed by atoms with E-state index in [9.17, 15) is 9.90 Å². The molecule has 2 rings (SSSR count). The number of hydrogen-bond donors (Lipinski definition) is 2. The summed E-state index contributed by atoms with van der Waals surface area (Å²) >= 11 is 1.61. The second-order valence-electron chi connectivity index (χ2n) is 5.27. The van der Waals surface area contributed by atoms with Gasteiger partial charge in [-0.2, -0.15) is 0 Å². The molecule has 0 aromatic heterocycles. The molecule has 2 aromatic rings. The van der Waals surface area contributed by atoms with Crippen molar-refractivity contribution in [2.24, 2.45) is 0 Å². The maximum atomic E-state index is 12.2. The van der Waals surface area contributed by atoms with Crippen LogP contribution >= 0.6 is 11.9 Å². The van der Waals surface area contributed by atoms with Crippen molar-refractivity contribution in [3.8, 4) is 5.75 Å². The van der Waals surface area contributed by atoms with Gasteiger partial charge in [0.25, 0.3) is 0 Å². The zero-order chi connectivity index (χ0) is 16.1. The fourth-order valence-corrected chi connectivity index (χ4v) is 2.72. The number of aryl methyl sites for hydroxylation is 1. The van der Waals surface area contributed by atoms with E-state index in [1.807, 2.05) is 43.5 Å². The maximum Gasteiger partial charge on any atom is 0.228 e. The summed E-state index contributed by atoms with van der Waals surface area (Å²) in [5.74, 6) is 0.134. The van der Waals surface area contributed by atoms with Crippen LogP contribution in [0.3, 0.4) is 0 Å². The monoisotopic (exact) mass is 316 g/mol. The standard InChI is InChI=1S/C17H20N2O2S/c1-12-4-9-15(22-19(2)3)11-16(12)18-17(21)10-13-5-7-14(20)8-6-13/h4-9,11,20H,10H2,1-3H3,(H,18,21). The van der Waals surface area contributed by atoms with Crippen LogP contribution in [0.1, 0.15) is 11.1 Å². The predicted octanol–water partition coefficient (Wildman–Crippen LogP) is 3.45. The van der Waals surface area contributed by atoms with Crippen LogP contribution in [-0.2, 0) is 11.2 Å². The van der Waals surface area contributed by atoms with Gasteiger partial charge in [0, 0.05) is 10.6 Å². The first-order chi connectivity index (χ1) is 10.4. The summed E-state index contributed by atoms with van der Waals surface area (Å²) in [5, 5.41) is 12.2. The second-order valence-corrected chi connectivity index (χ2v) is 6.66. The zero-order valence-corrected chi connectivity index (χ0v) is 13.8. The SMILES string of the molecule is Cc1ccc(SN(C)C)cc1NC(=O)Cc1ccc(O)cc1. The van der Waals surface area contributed by atoms with Gasteiger partial charge in [0.1, 0.15) is 5.75 Å². The topological polar surface area (TPSA) is 52.6 Å². The number of rotatable bonds is 5. The van der Waals surface area contributed by atoms with Crippen LogP contribution in [0.2, 0.25) is 0 Å². The highest BCUT2D eigenvalue weighted by molar-refractivity contribution is 7.97. The van der Waals surface area contributed by atoms with Crippen molar-refractivity contribution in [2.75, 3.05) is 19.4 Å². The summed E-state index contributed by atoms with van der Waals surface area (Å²) in [5.41, 5.74) is 2.73. The summed E-state index contributed by atoms with van der Waals surface area (Å²) in [6.45, 7) is 1.97. The third-order valence-corrected chi connectivity index (χ3v) is 3.90. The number of anilines is 1.